The van der Waals surface area contributed by atoms with E-state index in [2.05, 4.69) is 51.2 Å². The fraction of sp³-hybridized carbons (Fsp3) is 0.533. The Morgan fingerprint density at radius 1 is 1.15 bits per heavy atom. The molecule has 2 heterocycles. The van der Waals surface area contributed by atoms with Gasteiger partial charge in [-0.25, -0.2) is 9.97 Å². The minimum absolute atomic E-state index is 0.508. The number of hydrogen-bond acceptors (Lipinski definition) is 4. The van der Waals surface area contributed by atoms with Gasteiger partial charge in [0.15, 0.2) is 0 Å². The second kappa shape index (κ2) is 7.14. The molecule has 2 rings (SSSR count). The van der Waals surface area contributed by atoms with Crippen LogP contribution in [0.25, 0.3) is 0 Å². The normalized spacial score (nSPS) is 11.2. The highest BCUT2D eigenvalue weighted by Crippen LogP contribution is 2.14. The van der Waals surface area contributed by atoms with E-state index >= 15 is 0 Å². The van der Waals surface area contributed by atoms with Crippen LogP contribution >= 0.6 is 0 Å². The van der Waals surface area contributed by atoms with Crippen LogP contribution < -0.4 is 5.32 Å². The van der Waals surface area contributed by atoms with Gasteiger partial charge in [0.05, 0.1) is 17.4 Å². The molecule has 20 heavy (non-hydrogen) atoms. The molecule has 5 nitrogen and oxygen atoms in total. The van der Waals surface area contributed by atoms with E-state index in [0.29, 0.717) is 6.04 Å². The standard InChI is InChI=1S/C15H23N5/c1-4-15(5-2)20-9-7-14(19-20)11-16-10-13-6-8-17-12(3)18-13/h6-9,15-16H,4-5,10-11H2,1-3H3. The third kappa shape index (κ3) is 3.87. The second-order valence-corrected chi connectivity index (χ2v) is 4.96. The molecular formula is C15H23N5. The molecular weight excluding hydrogens is 250 g/mol. The Morgan fingerprint density at radius 2 is 1.90 bits per heavy atom. The Labute approximate surface area is 120 Å². The highest BCUT2D eigenvalue weighted by molar-refractivity contribution is 5.03. The van der Waals surface area contributed by atoms with E-state index in [1.165, 1.54) is 0 Å². The molecule has 0 radical (unpaired) electrons. The van der Waals surface area contributed by atoms with Crippen molar-refractivity contribution in [1.82, 2.24) is 25.1 Å². The summed E-state index contributed by atoms with van der Waals surface area (Å²) in [6.07, 6.45) is 6.10. The highest BCUT2D eigenvalue weighted by atomic mass is 15.3. The van der Waals surface area contributed by atoms with Crippen LogP contribution in [-0.2, 0) is 13.1 Å². The SMILES string of the molecule is CCC(CC)n1ccc(CNCc2ccnc(C)n2)n1. The van der Waals surface area contributed by atoms with Crippen LogP contribution in [0.4, 0.5) is 0 Å². The van der Waals surface area contributed by atoms with Crippen LogP contribution in [0.2, 0.25) is 0 Å². The van der Waals surface area contributed by atoms with E-state index in [9.17, 15) is 0 Å². The minimum Gasteiger partial charge on any atom is -0.305 e. The van der Waals surface area contributed by atoms with Gasteiger partial charge in [0.25, 0.3) is 0 Å². The lowest BCUT2D eigenvalue weighted by Crippen LogP contribution is -2.15. The Kier molecular flexibility index (Phi) is 5.24. The molecule has 5 heteroatoms. The van der Waals surface area contributed by atoms with Crippen LogP contribution in [-0.4, -0.2) is 19.7 Å². The van der Waals surface area contributed by atoms with Crippen molar-refractivity contribution in [3.8, 4) is 0 Å². The van der Waals surface area contributed by atoms with E-state index in [0.717, 1.165) is 43.1 Å². The van der Waals surface area contributed by atoms with Gasteiger partial charge in [-0.15, -0.1) is 0 Å². The molecule has 0 spiro atoms. The van der Waals surface area contributed by atoms with Crippen molar-refractivity contribution in [3.05, 3.63) is 41.7 Å². The number of nitrogens with one attached hydrogen (secondary N) is 1. The monoisotopic (exact) mass is 273 g/mol. The topological polar surface area (TPSA) is 55.6 Å². The molecule has 0 aliphatic heterocycles. The summed E-state index contributed by atoms with van der Waals surface area (Å²) < 4.78 is 2.08. The fourth-order valence-electron chi connectivity index (χ4n) is 2.26. The molecule has 2 aromatic rings. The van der Waals surface area contributed by atoms with Gasteiger partial charge in [-0.05, 0) is 31.9 Å². The van der Waals surface area contributed by atoms with Crippen molar-refractivity contribution >= 4 is 0 Å². The zero-order valence-electron chi connectivity index (χ0n) is 12.5. The van der Waals surface area contributed by atoms with E-state index < -0.39 is 0 Å². The number of aryl methyl sites for hydroxylation is 1. The van der Waals surface area contributed by atoms with E-state index in [1.807, 2.05) is 13.0 Å². The zero-order valence-corrected chi connectivity index (χ0v) is 12.5. The molecule has 0 saturated carbocycles. The molecule has 0 bridgehead atoms. The van der Waals surface area contributed by atoms with Gasteiger partial charge in [0.2, 0.25) is 0 Å². The maximum absolute atomic E-state index is 4.62. The second-order valence-electron chi connectivity index (χ2n) is 4.96. The molecule has 0 unspecified atom stereocenters. The molecule has 0 aromatic carbocycles. The number of nitrogens with zero attached hydrogens (tertiary/aromatic N) is 4. The van der Waals surface area contributed by atoms with E-state index in [-0.39, 0.29) is 0 Å². The third-order valence-corrected chi connectivity index (χ3v) is 3.43. The van der Waals surface area contributed by atoms with Crippen molar-refractivity contribution in [2.75, 3.05) is 0 Å². The molecule has 0 atom stereocenters. The highest BCUT2D eigenvalue weighted by Gasteiger charge is 2.07. The van der Waals surface area contributed by atoms with Crippen molar-refractivity contribution in [3.63, 3.8) is 0 Å². The molecule has 0 saturated heterocycles. The summed E-state index contributed by atoms with van der Waals surface area (Å²) in [7, 11) is 0. The molecule has 1 N–H and O–H groups in total. The van der Waals surface area contributed by atoms with Gasteiger partial charge in [0, 0.05) is 25.5 Å². The average molecular weight is 273 g/mol. The van der Waals surface area contributed by atoms with E-state index in [4.69, 9.17) is 0 Å². The summed E-state index contributed by atoms with van der Waals surface area (Å²) in [5.74, 6) is 0.808. The summed E-state index contributed by atoms with van der Waals surface area (Å²) in [5.41, 5.74) is 2.08. The van der Waals surface area contributed by atoms with Crippen molar-refractivity contribution in [2.45, 2.75) is 52.7 Å². The number of hydrogen-bond donors (Lipinski definition) is 1. The maximum atomic E-state index is 4.62. The smallest absolute Gasteiger partial charge is 0.125 e. The Bertz CT molecular complexity index is 531. The first-order chi connectivity index (χ1) is 9.72. The summed E-state index contributed by atoms with van der Waals surface area (Å²) in [6.45, 7) is 7.80. The van der Waals surface area contributed by atoms with Crippen molar-refractivity contribution in [1.29, 1.82) is 0 Å². The molecule has 2 aromatic heterocycles. The predicted octanol–water partition coefficient (Wildman–Crippen LogP) is 2.63. The van der Waals surface area contributed by atoms with Gasteiger partial charge in [0.1, 0.15) is 5.82 Å². The van der Waals surface area contributed by atoms with Crippen molar-refractivity contribution < 1.29 is 0 Å². The fourth-order valence-corrected chi connectivity index (χ4v) is 2.26. The van der Waals surface area contributed by atoms with Crippen LogP contribution in [0, 0.1) is 6.92 Å². The third-order valence-electron chi connectivity index (χ3n) is 3.43. The number of rotatable bonds is 7. The summed E-state index contributed by atoms with van der Waals surface area (Å²) in [4.78, 5) is 8.46. The van der Waals surface area contributed by atoms with Gasteiger partial charge >= 0.3 is 0 Å². The first-order valence-corrected chi connectivity index (χ1v) is 7.26. The van der Waals surface area contributed by atoms with Gasteiger partial charge in [-0.3, -0.25) is 4.68 Å². The zero-order chi connectivity index (χ0) is 14.4. The summed E-state index contributed by atoms with van der Waals surface area (Å²) in [5, 5.41) is 7.99. The lowest BCUT2D eigenvalue weighted by atomic mass is 10.2. The predicted molar refractivity (Wildman–Crippen MR) is 79.2 cm³/mol. The largest absolute Gasteiger partial charge is 0.305 e. The lowest BCUT2D eigenvalue weighted by molar-refractivity contribution is 0.424. The van der Waals surface area contributed by atoms with Gasteiger partial charge < -0.3 is 5.32 Å². The van der Waals surface area contributed by atoms with Crippen LogP contribution in [0.1, 0.15) is 49.9 Å². The lowest BCUT2D eigenvalue weighted by Gasteiger charge is -2.12. The van der Waals surface area contributed by atoms with Crippen molar-refractivity contribution in [2.24, 2.45) is 0 Å². The first kappa shape index (κ1) is 14.7. The Balaban J connectivity index is 1.85. The number of aromatic nitrogens is 4. The minimum atomic E-state index is 0.508. The van der Waals surface area contributed by atoms with Crippen LogP contribution in [0.5, 0.6) is 0 Å². The average Bonchev–Trinajstić information content (AvgIpc) is 2.89. The molecule has 0 aliphatic rings. The molecule has 0 fully saturated rings. The summed E-state index contributed by atoms with van der Waals surface area (Å²) in [6, 6.07) is 4.52. The quantitative estimate of drug-likeness (QED) is 0.842. The Hall–Kier alpha value is -1.75. The van der Waals surface area contributed by atoms with E-state index in [1.54, 1.807) is 6.20 Å². The molecule has 108 valence electrons. The van der Waals surface area contributed by atoms with Crippen LogP contribution in [0.3, 0.4) is 0 Å². The molecule has 0 aliphatic carbocycles. The summed E-state index contributed by atoms with van der Waals surface area (Å²) >= 11 is 0. The van der Waals surface area contributed by atoms with Crippen LogP contribution in [0.15, 0.2) is 24.5 Å². The van der Waals surface area contributed by atoms with Gasteiger partial charge in [-0.2, -0.15) is 5.10 Å². The Morgan fingerprint density at radius 3 is 2.60 bits per heavy atom. The first-order valence-electron chi connectivity index (χ1n) is 7.26. The maximum Gasteiger partial charge on any atom is 0.125 e. The molecule has 0 amide bonds. The van der Waals surface area contributed by atoms with Gasteiger partial charge in [-0.1, -0.05) is 13.8 Å².